The molecule has 98 valence electrons. The molecule has 0 spiro atoms. The first-order valence-corrected chi connectivity index (χ1v) is 8.82. The number of benzene rings is 2. The van der Waals surface area contributed by atoms with Gasteiger partial charge in [0.15, 0.2) is 0 Å². The summed E-state index contributed by atoms with van der Waals surface area (Å²) in [4.78, 5) is 1.65. The molecule has 2 aromatic rings. The Morgan fingerprint density at radius 2 is 1.84 bits per heavy atom. The van der Waals surface area contributed by atoms with Crippen molar-refractivity contribution in [3.63, 3.8) is 0 Å². The minimum absolute atomic E-state index is 0.294. The summed E-state index contributed by atoms with van der Waals surface area (Å²) in [6.45, 7) is 0. The van der Waals surface area contributed by atoms with Crippen LogP contribution in [0.3, 0.4) is 0 Å². The molecule has 0 heterocycles. The number of thioether (sulfide) groups is 1. The minimum Gasteiger partial charge on any atom is -0.129 e. The van der Waals surface area contributed by atoms with Gasteiger partial charge in [-0.15, -0.1) is 11.8 Å². The lowest BCUT2D eigenvalue weighted by atomic mass is 10.0. The van der Waals surface area contributed by atoms with E-state index in [2.05, 4.69) is 64.7 Å². The van der Waals surface area contributed by atoms with Crippen LogP contribution in [-0.4, -0.2) is 6.26 Å². The Bertz CT molecular complexity index is 592. The molecular weight excluding hydrogens is 316 g/mol. The van der Waals surface area contributed by atoms with Gasteiger partial charge in [0.05, 0.1) is 4.83 Å². The van der Waals surface area contributed by atoms with E-state index in [1.807, 2.05) is 11.8 Å². The smallest absolute Gasteiger partial charge is 0.0655 e. The summed E-state index contributed by atoms with van der Waals surface area (Å²) in [5, 5.41) is 0. The number of hydrogen-bond donors (Lipinski definition) is 0. The van der Waals surface area contributed by atoms with Gasteiger partial charge in [0.1, 0.15) is 0 Å². The Labute approximate surface area is 127 Å². The largest absolute Gasteiger partial charge is 0.129 e. The summed E-state index contributed by atoms with van der Waals surface area (Å²) >= 11 is 5.69. The standard InChI is InChI=1S/C17H17BrS/c1-19-16-8-3-2-7-15(16)17(18)14-10-9-12-5-4-6-13(12)11-14/h2-3,7-11,17H,4-6H2,1H3. The lowest BCUT2D eigenvalue weighted by Crippen LogP contribution is -1.96. The summed E-state index contributed by atoms with van der Waals surface area (Å²) in [7, 11) is 0. The zero-order valence-corrected chi connectivity index (χ0v) is 13.4. The first-order valence-electron chi connectivity index (χ1n) is 6.68. The predicted octanol–water partition coefficient (Wildman–Crippen LogP) is 5.38. The van der Waals surface area contributed by atoms with Crippen molar-refractivity contribution in [2.45, 2.75) is 29.0 Å². The minimum atomic E-state index is 0.294. The summed E-state index contributed by atoms with van der Waals surface area (Å²) in [6, 6.07) is 15.6. The third-order valence-electron chi connectivity index (χ3n) is 3.83. The van der Waals surface area contributed by atoms with Crippen molar-refractivity contribution >= 4 is 27.7 Å². The third kappa shape index (κ3) is 2.61. The number of aryl methyl sites for hydroxylation is 2. The van der Waals surface area contributed by atoms with Crippen LogP contribution in [0, 0.1) is 0 Å². The van der Waals surface area contributed by atoms with Crippen LogP contribution < -0.4 is 0 Å². The maximum atomic E-state index is 3.88. The molecule has 2 heteroatoms. The van der Waals surface area contributed by atoms with Crippen LogP contribution in [0.1, 0.15) is 33.5 Å². The molecule has 0 saturated carbocycles. The number of fused-ring (bicyclic) bond motifs is 1. The van der Waals surface area contributed by atoms with Crippen LogP contribution in [-0.2, 0) is 12.8 Å². The fraction of sp³-hybridized carbons (Fsp3) is 0.294. The second-order valence-corrected chi connectivity index (χ2v) is 6.75. The molecule has 0 amide bonds. The van der Waals surface area contributed by atoms with Crippen LogP contribution in [0.5, 0.6) is 0 Å². The fourth-order valence-electron chi connectivity index (χ4n) is 2.80. The molecule has 0 nitrogen and oxygen atoms in total. The van der Waals surface area contributed by atoms with Gasteiger partial charge in [-0.05, 0) is 53.8 Å². The van der Waals surface area contributed by atoms with E-state index < -0.39 is 0 Å². The van der Waals surface area contributed by atoms with Gasteiger partial charge in [0.2, 0.25) is 0 Å². The van der Waals surface area contributed by atoms with Crippen LogP contribution in [0.4, 0.5) is 0 Å². The molecule has 1 unspecified atom stereocenters. The molecule has 1 aliphatic carbocycles. The SMILES string of the molecule is CSc1ccccc1C(Br)c1ccc2c(c1)CCC2. The van der Waals surface area contributed by atoms with Crippen molar-refractivity contribution in [3.05, 3.63) is 64.7 Å². The Kier molecular flexibility index (Phi) is 3.99. The van der Waals surface area contributed by atoms with E-state index in [9.17, 15) is 0 Å². The Hall–Kier alpha value is -0.730. The van der Waals surface area contributed by atoms with E-state index in [1.165, 1.54) is 35.3 Å². The summed E-state index contributed by atoms with van der Waals surface area (Å²) in [6.07, 6.45) is 5.95. The molecule has 0 N–H and O–H groups in total. The van der Waals surface area contributed by atoms with Crippen molar-refractivity contribution in [2.75, 3.05) is 6.26 Å². The topological polar surface area (TPSA) is 0 Å². The van der Waals surface area contributed by atoms with Crippen molar-refractivity contribution < 1.29 is 0 Å². The number of rotatable bonds is 3. The monoisotopic (exact) mass is 332 g/mol. The highest BCUT2D eigenvalue weighted by atomic mass is 79.9. The van der Waals surface area contributed by atoms with Crippen LogP contribution in [0.15, 0.2) is 47.4 Å². The Morgan fingerprint density at radius 1 is 1.05 bits per heavy atom. The Balaban J connectivity index is 1.97. The lowest BCUT2D eigenvalue weighted by Gasteiger charge is -2.15. The van der Waals surface area contributed by atoms with E-state index in [4.69, 9.17) is 0 Å². The number of hydrogen-bond acceptors (Lipinski definition) is 1. The molecule has 3 rings (SSSR count). The maximum Gasteiger partial charge on any atom is 0.0655 e. The van der Waals surface area contributed by atoms with Crippen LogP contribution in [0.25, 0.3) is 0 Å². The van der Waals surface area contributed by atoms with Gasteiger partial charge in [-0.1, -0.05) is 52.3 Å². The van der Waals surface area contributed by atoms with Gasteiger partial charge in [0, 0.05) is 4.90 Å². The Morgan fingerprint density at radius 3 is 2.68 bits per heavy atom. The third-order valence-corrected chi connectivity index (χ3v) is 5.66. The van der Waals surface area contributed by atoms with Crippen molar-refractivity contribution in [1.82, 2.24) is 0 Å². The predicted molar refractivity (Wildman–Crippen MR) is 87.5 cm³/mol. The molecule has 1 atom stereocenters. The van der Waals surface area contributed by atoms with E-state index >= 15 is 0 Å². The van der Waals surface area contributed by atoms with Gasteiger partial charge in [-0.3, -0.25) is 0 Å². The maximum absolute atomic E-state index is 3.88. The van der Waals surface area contributed by atoms with Gasteiger partial charge >= 0.3 is 0 Å². The van der Waals surface area contributed by atoms with E-state index in [-0.39, 0.29) is 0 Å². The summed E-state index contributed by atoms with van der Waals surface area (Å²) in [5.74, 6) is 0. The van der Waals surface area contributed by atoms with Crippen LogP contribution >= 0.6 is 27.7 Å². The highest BCUT2D eigenvalue weighted by Crippen LogP contribution is 2.37. The average Bonchev–Trinajstić information content (AvgIpc) is 2.93. The van der Waals surface area contributed by atoms with Gasteiger partial charge in [-0.25, -0.2) is 0 Å². The van der Waals surface area contributed by atoms with Crippen molar-refractivity contribution in [2.24, 2.45) is 0 Å². The highest BCUT2D eigenvalue weighted by molar-refractivity contribution is 9.09. The molecule has 0 fully saturated rings. The highest BCUT2D eigenvalue weighted by Gasteiger charge is 2.17. The first-order chi connectivity index (χ1) is 9.29. The lowest BCUT2D eigenvalue weighted by molar-refractivity contribution is 0.911. The zero-order valence-electron chi connectivity index (χ0n) is 11.0. The fourth-order valence-corrected chi connectivity index (χ4v) is 4.28. The molecule has 0 bridgehead atoms. The molecule has 0 radical (unpaired) electrons. The summed E-state index contributed by atoms with van der Waals surface area (Å²) < 4.78 is 0. The van der Waals surface area contributed by atoms with E-state index in [1.54, 1.807) is 11.1 Å². The van der Waals surface area contributed by atoms with Gasteiger partial charge in [0.25, 0.3) is 0 Å². The molecule has 19 heavy (non-hydrogen) atoms. The molecular formula is C17H17BrS. The molecule has 1 aliphatic rings. The van der Waals surface area contributed by atoms with Crippen molar-refractivity contribution in [1.29, 1.82) is 0 Å². The summed E-state index contributed by atoms with van der Waals surface area (Å²) in [5.41, 5.74) is 5.83. The molecule has 0 saturated heterocycles. The first kappa shape index (κ1) is 13.3. The second kappa shape index (κ2) is 5.72. The van der Waals surface area contributed by atoms with Crippen LogP contribution in [0.2, 0.25) is 0 Å². The molecule has 0 aromatic heterocycles. The van der Waals surface area contributed by atoms with Crippen molar-refractivity contribution in [3.8, 4) is 0 Å². The number of alkyl halides is 1. The second-order valence-electron chi connectivity index (χ2n) is 4.99. The van der Waals surface area contributed by atoms with E-state index in [0.29, 0.717) is 4.83 Å². The normalized spacial score (nSPS) is 15.3. The molecule has 2 aromatic carbocycles. The average molecular weight is 333 g/mol. The van der Waals surface area contributed by atoms with Gasteiger partial charge < -0.3 is 0 Å². The zero-order chi connectivity index (χ0) is 13.2. The number of halogens is 1. The van der Waals surface area contributed by atoms with Gasteiger partial charge in [-0.2, -0.15) is 0 Å². The van der Waals surface area contributed by atoms with E-state index in [0.717, 1.165) is 0 Å². The quantitative estimate of drug-likeness (QED) is 0.537. The molecule has 0 aliphatic heterocycles.